The average Bonchev–Trinajstić information content (AvgIpc) is 2.90. The van der Waals surface area contributed by atoms with E-state index < -0.39 is 0 Å². The van der Waals surface area contributed by atoms with Crippen molar-refractivity contribution in [3.8, 4) is 0 Å². The lowest BCUT2D eigenvalue weighted by Crippen LogP contribution is -2.31. The standard InChI is InChI=1S/C13H21N3O/c1-2-7-14-12(3-1)13-4-8-15-16(13)11-5-9-17-10-6-11/h4,8,11-12,14H,1-3,5-7,9-10H2. The molecule has 0 aliphatic carbocycles. The zero-order valence-corrected chi connectivity index (χ0v) is 10.3. The summed E-state index contributed by atoms with van der Waals surface area (Å²) in [6.45, 7) is 2.90. The van der Waals surface area contributed by atoms with Crippen molar-refractivity contribution in [3.05, 3.63) is 18.0 Å². The second-order valence-corrected chi connectivity index (χ2v) is 5.05. The monoisotopic (exact) mass is 235 g/mol. The molecule has 17 heavy (non-hydrogen) atoms. The van der Waals surface area contributed by atoms with Gasteiger partial charge in [0.25, 0.3) is 0 Å². The number of piperidine rings is 1. The van der Waals surface area contributed by atoms with Gasteiger partial charge in [-0.1, -0.05) is 6.42 Å². The van der Waals surface area contributed by atoms with Crippen LogP contribution >= 0.6 is 0 Å². The van der Waals surface area contributed by atoms with Crippen molar-refractivity contribution < 1.29 is 4.74 Å². The summed E-state index contributed by atoms with van der Waals surface area (Å²) in [4.78, 5) is 0. The normalized spacial score (nSPS) is 27.2. The van der Waals surface area contributed by atoms with Gasteiger partial charge in [-0.25, -0.2) is 0 Å². The topological polar surface area (TPSA) is 39.1 Å². The molecule has 2 aliphatic heterocycles. The molecule has 1 N–H and O–H groups in total. The van der Waals surface area contributed by atoms with Gasteiger partial charge in [0.15, 0.2) is 0 Å². The van der Waals surface area contributed by atoms with Gasteiger partial charge in [-0.15, -0.1) is 0 Å². The third kappa shape index (κ3) is 2.38. The van der Waals surface area contributed by atoms with Crippen LogP contribution in [0.15, 0.2) is 12.3 Å². The Balaban J connectivity index is 1.77. The van der Waals surface area contributed by atoms with Crippen molar-refractivity contribution >= 4 is 0 Å². The molecule has 0 amide bonds. The predicted molar refractivity (Wildman–Crippen MR) is 65.9 cm³/mol. The molecule has 1 unspecified atom stereocenters. The number of aromatic nitrogens is 2. The summed E-state index contributed by atoms with van der Waals surface area (Å²) in [5, 5.41) is 8.15. The average molecular weight is 235 g/mol. The van der Waals surface area contributed by atoms with Gasteiger partial charge in [0.1, 0.15) is 0 Å². The number of hydrogen-bond donors (Lipinski definition) is 1. The minimum absolute atomic E-state index is 0.508. The molecule has 94 valence electrons. The smallest absolute Gasteiger partial charge is 0.0566 e. The number of nitrogens with zero attached hydrogens (tertiary/aromatic N) is 2. The number of nitrogens with one attached hydrogen (secondary N) is 1. The first kappa shape index (κ1) is 11.2. The highest BCUT2D eigenvalue weighted by Gasteiger charge is 2.23. The van der Waals surface area contributed by atoms with Gasteiger partial charge in [0.05, 0.1) is 11.7 Å². The lowest BCUT2D eigenvalue weighted by molar-refractivity contribution is 0.0647. The zero-order valence-electron chi connectivity index (χ0n) is 10.3. The third-order valence-electron chi connectivity index (χ3n) is 3.90. The van der Waals surface area contributed by atoms with Gasteiger partial charge in [0.2, 0.25) is 0 Å². The zero-order chi connectivity index (χ0) is 11.5. The van der Waals surface area contributed by atoms with E-state index in [9.17, 15) is 0 Å². The van der Waals surface area contributed by atoms with E-state index in [0.29, 0.717) is 12.1 Å². The van der Waals surface area contributed by atoms with Gasteiger partial charge >= 0.3 is 0 Å². The molecule has 4 nitrogen and oxygen atoms in total. The Kier molecular flexibility index (Phi) is 3.43. The molecule has 1 aromatic heterocycles. The largest absolute Gasteiger partial charge is 0.381 e. The fourth-order valence-electron chi connectivity index (χ4n) is 2.94. The molecular formula is C13H21N3O. The van der Waals surface area contributed by atoms with Crippen molar-refractivity contribution in [1.29, 1.82) is 0 Å². The first-order valence-corrected chi connectivity index (χ1v) is 6.80. The van der Waals surface area contributed by atoms with Crippen LogP contribution in [-0.4, -0.2) is 29.5 Å². The van der Waals surface area contributed by atoms with Crippen molar-refractivity contribution in [2.45, 2.75) is 44.2 Å². The summed E-state index contributed by atoms with van der Waals surface area (Å²) in [5.74, 6) is 0. The molecule has 1 atom stereocenters. The Bertz CT molecular complexity index is 319. The molecule has 0 saturated carbocycles. The summed E-state index contributed by atoms with van der Waals surface area (Å²) < 4.78 is 7.67. The summed E-state index contributed by atoms with van der Waals surface area (Å²) >= 11 is 0. The Morgan fingerprint density at radius 2 is 2.12 bits per heavy atom. The summed E-state index contributed by atoms with van der Waals surface area (Å²) in [6.07, 6.45) is 8.03. The third-order valence-corrected chi connectivity index (χ3v) is 3.90. The highest BCUT2D eigenvalue weighted by Crippen LogP contribution is 2.28. The maximum Gasteiger partial charge on any atom is 0.0566 e. The molecule has 3 rings (SSSR count). The molecule has 0 bridgehead atoms. The highest BCUT2D eigenvalue weighted by molar-refractivity contribution is 5.09. The summed E-state index contributed by atoms with van der Waals surface area (Å²) in [5.41, 5.74) is 1.37. The van der Waals surface area contributed by atoms with Crippen molar-refractivity contribution in [3.63, 3.8) is 0 Å². The van der Waals surface area contributed by atoms with E-state index in [1.54, 1.807) is 0 Å². The van der Waals surface area contributed by atoms with Crippen LogP contribution in [0.25, 0.3) is 0 Å². The first-order chi connectivity index (χ1) is 8.45. The molecule has 0 aromatic carbocycles. The molecule has 2 fully saturated rings. The summed E-state index contributed by atoms with van der Waals surface area (Å²) in [7, 11) is 0. The minimum Gasteiger partial charge on any atom is -0.381 e. The Labute approximate surface area is 102 Å². The van der Waals surface area contributed by atoms with E-state index in [0.717, 1.165) is 32.6 Å². The van der Waals surface area contributed by atoms with Crippen LogP contribution in [0.2, 0.25) is 0 Å². The van der Waals surface area contributed by atoms with Crippen LogP contribution in [0.1, 0.15) is 49.9 Å². The predicted octanol–water partition coefficient (Wildman–Crippen LogP) is 2.05. The van der Waals surface area contributed by atoms with E-state index in [1.807, 2.05) is 6.20 Å². The van der Waals surface area contributed by atoms with E-state index >= 15 is 0 Å². The lowest BCUT2D eigenvalue weighted by atomic mass is 10.0. The summed E-state index contributed by atoms with van der Waals surface area (Å²) in [6, 6.07) is 3.23. The first-order valence-electron chi connectivity index (χ1n) is 6.80. The maximum absolute atomic E-state index is 5.43. The van der Waals surface area contributed by atoms with E-state index in [4.69, 9.17) is 4.74 Å². The number of hydrogen-bond acceptors (Lipinski definition) is 3. The van der Waals surface area contributed by atoms with Crippen LogP contribution in [0, 0.1) is 0 Å². The Hall–Kier alpha value is -0.870. The molecule has 0 spiro atoms. The van der Waals surface area contributed by atoms with Gasteiger partial charge in [-0.2, -0.15) is 5.10 Å². The molecular weight excluding hydrogens is 214 g/mol. The lowest BCUT2D eigenvalue weighted by Gasteiger charge is -2.29. The second-order valence-electron chi connectivity index (χ2n) is 5.05. The number of ether oxygens (including phenoxy) is 1. The van der Waals surface area contributed by atoms with Gasteiger partial charge < -0.3 is 10.1 Å². The van der Waals surface area contributed by atoms with Gasteiger partial charge in [-0.05, 0) is 38.3 Å². The van der Waals surface area contributed by atoms with Crippen molar-refractivity contribution in [2.75, 3.05) is 19.8 Å². The van der Waals surface area contributed by atoms with E-state index in [-0.39, 0.29) is 0 Å². The second kappa shape index (κ2) is 5.19. The van der Waals surface area contributed by atoms with E-state index in [2.05, 4.69) is 21.2 Å². The van der Waals surface area contributed by atoms with Gasteiger partial charge in [0, 0.05) is 25.5 Å². The molecule has 1 aromatic rings. The fraction of sp³-hybridized carbons (Fsp3) is 0.769. The number of rotatable bonds is 2. The molecule has 0 radical (unpaired) electrons. The van der Waals surface area contributed by atoms with Crippen molar-refractivity contribution in [2.24, 2.45) is 0 Å². The van der Waals surface area contributed by atoms with Crippen molar-refractivity contribution in [1.82, 2.24) is 15.1 Å². The Morgan fingerprint density at radius 1 is 1.24 bits per heavy atom. The van der Waals surface area contributed by atoms with Crippen LogP contribution in [0.4, 0.5) is 0 Å². The van der Waals surface area contributed by atoms with Crippen LogP contribution in [-0.2, 0) is 4.74 Å². The molecule has 3 heterocycles. The molecule has 2 aliphatic rings. The molecule has 4 heteroatoms. The minimum atomic E-state index is 0.508. The quantitative estimate of drug-likeness (QED) is 0.852. The highest BCUT2D eigenvalue weighted by atomic mass is 16.5. The SMILES string of the molecule is c1cc(C2CCCCN2)n(C2CCOCC2)n1. The van der Waals surface area contributed by atoms with Crippen LogP contribution < -0.4 is 5.32 Å². The fourth-order valence-corrected chi connectivity index (χ4v) is 2.94. The van der Waals surface area contributed by atoms with Gasteiger partial charge in [-0.3, -0.25) is 4.68 Å². The molecule has 2 saturated heterocycles. The van der Waals surface area contributed by atoms with Crippen LogP contribution in [0.3, 0.4) is 0 Å². The maximum atomic E-state index is 5.43. The van der Waals surface area contributed by atoms with E-state index in [1.165, 1.54) is 25.0 Å². The van der Waals surface area contributed by atoms with Crippen LogP contribution in [0.5, 0.6) is 0 Å². The Morgan fingerprint density at radius 3 is 2.88 bits per heavy atom.